The van der Waals surface area contributed by atoms with Crippen molar-refractivity contribution in [2.75, 3.05) is 25.1 Å². The van der Waals surface area contributed by atoms with Crippen LogP contribution in [0.25, 0.3) is 44.5 Å². The summed E-state index contributed by atoms with van der Waals surface area (Å²) in [7, 11) is 0. The van der Waals surface area contributed by atoms with Gasteiger partial charge in [-0.05, 0) is 71.1 Å². The van der Waals surface area contributed by atoms with Crippen LogP contribution in [-0.2, 0) is 19.1 Å². The van der Waals surface area contributed by atoms with Crippen molar-refractivity contribution in [1.29, 1.82) is 0 Å². The van der Waals surface area contributed by atoms with E-state index in [2.05, 4.69) is 22.8 Å². The molecule has 53 heavy (non-hydrogen) atoms. The van der Waals surface area contributed by atoms with Gasteiger partial charge < -0.3 is 29.3 Å². The number of amides is 2. The molecule has 0 radical (unpaired) electrons. The standard InChI is InChI=1S/C42H32N2O9/c1-2-50-41(48)35-21-25(11-14-32(35)40-33-15-12-26(46)22-37(33)53-38-23-27(51-20-19-45)13-16-34(38)40)44-39(47)17-18-43-42(49)52-24-36-30-9-5-3-7-28(30)29-8-4-6-10-31(29)36/h3-16,20-23,36H,2,17-18,24H2,1H3,(H,43,49)(H,44,47). The Hall–Kier alpha value is -6.97. The van der Waals surface area contributed by atoms with Gasteiger partial charge >= 0.3 is 12.1 Å². The topological polar surface area (TPSA) is 150 Å². The monoisotopic (exact) mass is 708 g/mol. The van der Waals surface area contributed by atoms with E-state index in [4.69, 9.17) is 18.6 Å². The van der Waals surface area contributed by atoms with Crippen molar-refractivity contribution < 1.29 is 37.8 Å². The molecule has 0 spiro atoms. The van der Waals surface area contributed by atoms with Gasteiger partial charge in [-0.15, -0.1) is 0 Å². The summed E-state index contributed by atoms with van der Waals surface area (Å²) in [6.45, 7) is 1.96. The van der Waals surface area contributed by atoms with Crippen molar-refractivity contribution >= 4 is 40.6 Å². The molecule has 2 amide bonds. The van der Waals surface area contributed by atoms with Crippen molar-refractivity contribution in [3.8, 4) is 39.3 Å². The third-order valence-electron chi connectivity index (χ3n) is 8.94. The lowest BCUT2D eigenvalue weighted by molar-refractivity contribution is -0.116. The van der Waals surface area contributed by atoms with Crippen LogP contribution >= 0.6 is 0 Å². The SMILES string of the molecule is CCOC(=O)c1cc(NC(=O)CCNC(=O)OCC2c3ccccc3-c3ccccc32)ccc1-c1c2ccc(=O)cc-2oc2cc(OC=C=O)ccc12. The van der Waals surface area contributed by atoms with Crippen LogP contribution in [0.5, 0.6) is 5.75 Å². The van der Waals surface area contributed by atoms with E-state index in [1.54, 1.807) is 49.3 Å². The molecule has 0 atom stereocenters. The largest absolute Gasteiger partial charge is 0.462 e. The minimum absolute atomic E-state index is 0.0207. The average molecular weight is 709 g/mol. The molecular weight excluding hydrogens is 676 g/mol. The minimum atomic E-state index is -0.634. The Morgan fingerprint density at radius 1 is 0.830 bits per heavy atom. The van der Waals surface area contributed by atoms with Crippen LogP contribution in [0.3, 0.4) is 0 Å². The van der Waals surface area contributed by atoms with Gasteiger partial charge in [-0.25, -0.2) is 14.4 Å². The number of rotatable bonds is 11. The van der Waals surface area contributed by atoms with Crippen molar-refractivity contribution in [3.05, 3.63) is 136 Å². The van der Waals surface area contributed by atoms with Crippen molar-refractivity contribution in [2.24, 2.45) is 0 Å². The molecule has 7 rings (SSSR count). The third kappa shape index (κ3) is 7.14. The quantitative estimate of drug-likeness (QED) is 0.0610. The van der Waals surface area contributed by atoms with E-state index in [1.165, 1.54) is 18.2 Å². The smallest absolute Gasteiger partial charge is 0.407 e. The van der Waals surface area contributed by atoms with Gasteiger partial charge in [0.2, 0.25) is 5.91 Å². The fourth-order valence-electron chi connectivity index (χ4n) is 6.68. The summed E-state index contributed by atoms with van der Waals surface area (Å²) >= 11 is 0. The summed E-state index contributed by atoms with van der Waals surface area (Å²) in [5.74, 6) is 0.991. The summed E-state index contributed by atoms with van der Waals surface area (Å²) in [5, 5.41) is 6.02. The van der Waals surface area contributed by atoms with E-state index < -0.39 is 18.0 Å². The average Bonchev–Trinajstić information content (AvgIpc) is 3.48. The molecule has 0 unspecified atom stereocenters. The number of hydrogen-bond donors (Lipinski definition) is 2. The molecule has 1 aliphatic heterocycles. The van der Waals surface area contributed by atoms with E-state index in [1.807, 2.05) is 36.4 Å². The molecule has 264 valence electrons. The van der Waals surface area contributed by atoms with Crippen LogP contribution in [0.4, 0.5) is 10.5 Å². The second-order valence-corrected chi connectivity index (χ2v) is 12.2. The van der Waals surface area contributed by atoms with E-state index in [9.17, 15) is 24.0 Å². The number of nitrogens with one attached hydrogen (secondary N) is 2. The predicted molar refractivity (Wildman–Crippen MR) is 198 cm³/mol. The molecule has 2 aliphatic carbocycles. The third-order valence-corrected chi connectivity index (χ3v) is 8.94. The molecule has 11 heteroatoms. The lowest BCUT2D eigenvalue weighted by Gasteiger charge is -2.18. The Morgan fingerprint density at radius 2 is 1.57 bits per heavy atom. The number of esters is 1. The number of anilines is 1. The summed E-state index contributed by atoms with van der Waals surface area (Å²) < 4.78 is 22.3. The first-order chi connectivity index (χ1) is 25.8. The van der Waals surface area contributed by atoms with Gasteiger partial charge in [0.05, 0.1) is 12.2 Å². The number of carbonyl (C=O) groups excluding carboxylic acids is 4. The van der Waals surface area contributed by atoms with Gasteiger partial charge in [0, 0.05) is 53.2 Å². The summed E-state index contributed by atoms with van der Waals surface area (Å²) in [6, 6.07) is 30.2. The van der Waals surface area contributed by atoms with Crippen LogP contribution in [0.1, 0.15) is 40.7 Å². The first kappa shape index (κ1) is 34.5. The second kappa shape index (κ2) is 15.1. The first-order valence-corrected chi connectivity index (χ1v) is 16.9. The van der Waals surface area contributed by atoms with E-state index in [0.717, 1.165) is 28.5 Å². The highest BCUT2D eigenvalue weighted by atomic mass is 16.5. The van der Waals surface area contributed by atoms with Gasteiger partial charge in [0.25, 0.3) is 0 Å². The van der Waals surface area contributed by atoms with E-state index in [-0.39, 0.29) is 48.8 Å². The molecule has 1 heterocycles. The van der Waals surface area contributed by atoms with Crippen molar-refractivity contribution in [1.82, 2.24) is 5.32 Å². The highest BCUT2D eigenvalue weighted by Gasteiger charge is 2.29. The number of hydrogen-bond acceptors (Lipinski definition) is 9. The molecule has 0 fully saturated rings. The number of benzene rings is 5. The fourth-order valence-corrected chi connectivity index (χ4v) is 6.68. The number of alkyl carbamates (subject to hydrolysis) is 1. The van der Waals surface area contributed by atoms with E-state index in [0.29, 0.717) is 39.1 Å². The van der Waals surface area contributed by atoms with Gasteiger partial charge in [-0.2, -0.15) is 0 Å². The molecule has 11 nitrogen and oxygen atoms in total. The fraction of sp³-hybridized carbons (Fsp3) is 0.143. The van der Waals surface area contributed by atoms with Crippen LogP contribution in [0.15, 0.2) is 119 Å². The normalized spacial score (nSPS) is 11.6. The summed E-state index contributed by atoms with van der Waals surface area (Å²) in [6.07, 6.45) is 0.172. The Morgan fingerprint density at radius 3 is 2.30 bits per heavy atom. The zero-order chi connectivity index (χ0) is 36.9. The first-order valence-electron chi connectivity index (χ1n) is 16.9. The zero-order valence-corrected chi connectivity index (χ0v) is 28.5. The molecule has 0 aromatic heterocycles. The molecule has 4 aromatic rings. The van der Waals surface area contributed by atoms with Crippen LogP contribution in [0.2, 0.25) is 0 Å². The summed E-state index contributed by atoms with van der Waals surface area (Å²) in [4.78, 5) is 62.0. The maximum absolute atomic E-state index is 13.4. The molecule has 2 N–H and O–H groups in total. The van der Waals surface area contributed by atoms with E-state index >= 15 is 0 Å². The predicted octanol–water partition coefficient (Wildman–Crippen LogP) is 7.33. The number of carbonyl (C=O) groups is 3. The molecular formula is C42H32N2O9. The van der Waals surface area contributed by atoms with Crippen molar-refractivity contribution in [3.63, 3.8) is 0 Å². The van der Waals surface area contributed by atoms with Crippen LogP contribution in [0, 0.1) is 0 Å². The highest BCUT2D eigenvalue weighted by molar-refractivity contribution is 6.09. The van der Waals surface area contributed by atoms with Gasteiger partial charge in [0.1, 0.15) is 23.7 Å². The molecule has 3 aliphatic rings. The van der Waals surface area contributed by atoms with Gasteiger partial charge in [-0.3, -0.25) is 9.59 Å². The van der Waals surface area contributed by atoms with Crippen LogP contribution in [-0.4, -0.2) is 43.7 Å². The zero-order valence-electron chi connectivity index (χ0n) is 28.5. The Labute approximate surface area is 303 Å². The Balaban J connectivity index is 1.07. The maximum atomic E-state index is 13.4. The summed E-state index contributed by atoms with van der Waals surface area (Å²) in [5.41, 5.74) is 6.58. The minimum Gasteiger partial charge on any atom is -0.462 e. The number of fused-ring (bicyclic) bond motifs is 5. The van der Waals surface area contributed by atoms with Gasteiger partial charge in [-0.1, -0.05) is 54.6 Å². The lowest BCUT2D eigenvalue weighted by Crippen LogP contribution is -2.29. The Kier molecular flexibility index (Phi) is 9.82. The maximum Gasteiger partial charge on any atom is 0.407 e. The lowest BCUT2D eigenvalue weighted by atomic mass is 9.90. The second-order valence-electron chi connectivity index (χ2n) is 12.2. The highest BCUT2D eigenvalue weighted by Crippen LogP contribution is 2.45. The van der Waals surface area contributed by atoms with Gasteiger partial charge in [0.15, 0.2) is 17.6 Å². The number of ether oxygens (including phenoxy) is 3. The Bertz CT molecular complexity index is 2420. The van der Waals surface area contributed by atoms with Crippen LogP contribution < -0.4 is 20.8 Å². The van der Waals surface area contributed by atoms with Crippen molar-refractivity contribution in [2.45, 2.75) is 19.3 Å². The molecule has 4 aromatic carbocycles. The molecule has 0 saturated heterocycles. The molecule has 0 bridgehead atoms. The molecule has 0 saturated carbocycles.